The number of carbonyl (C=O) groups is 1. The Morgan fingerprint density at radius 3 is 2.70 bits per heavy atom. The van der Waals surface area contributed by atoms with Gasteiger partial charge in [-0.2, -0.15) is 18.4 Å². The molecule has 0 saturated heterocycles. The van der Waals surface area contributed by atoms with Gasteiger partial charge in [-0.15, -0.1) is 5.10 Å². The van der Waals surface area contributed by atoms with Crippen LogP contribution in [0.5, 0.6) is 17.4 Å². The summed E-state index contributed by atoms with van der Waals surface area (Å²) < 4.78 is 56.4. The van der Waals surface area contributed by atoms with E-state index in [1.165, 1.54) is 12.1 Å². The van der Waals surface area contributed by atoms with Gasteiger partial charge in [-0.3, -0.25) is 9.89 Å². The number of carbonyl (C=O) groups excluding carboxylic acids is 1. The predicted octanol–water partition coefficient (Wildman–Crippen LogP) is 4.37. The number of para-hydroxylation sites is 1. The molecule has 2 heterocycles. The summed E-state index contributed by atoms with van der Waals surface area (Å²) in [6.45, 7) is 3.24. The molecule has 0 aliphatic carbocycles. The lowest BCUT2D eigenvalue weighted by Crippen LogP contribution is -2.22. The molecule has 12 heteroatoms. The lowest BCUT2D eigenvalue weighted by molar-refractivity contribution is -0.137. The van der Waals surface area contributed by atoms with Gasteiger partial charge in [0.2, 0.25) is 11.8 Å². The monoisotopic (exact) mass is 513 g/mol. The van der Waals surface area contributed by atoms with Crippen LogP contribution in [0.1, 0.15) is 35.2 Å². The van der Waals surface area contributed by atoms with E-state index in [9.17, 15) is 23.2 Å². The molecule has 3 aromatic rings. The van der Waals surface area contributed by atoms with Crippen molar-refractivity contribution in [3.63, 3.8) is 0 Å². The summed E-state index contributed by atoms with van der Waals surface area (Å²) in [7, 11) is 0. The van der Waals surface area contributed by atoms with Crippen LogP contribution in [0.15, 0.2) is 53.9 Å². The standard InChI is InChI=1S/C25H22F3N5O4/c1-3-35-19-10-14(22-15(11-29)23(30)37-24-21(22)13(2)32-33-24)8-9-18(19)36-12-20(34)31-17-7-5-4-6-16(17)25(26,27)28/h4-10,22H,3,12,30H2,1-2H3,(H,31,34)(H,32,33). The lowest BCUT2D eigenvalue weighted by Gasteiger charge is -2.24. The Labute approximate surface area is 209 Å². The Hall–Kier alpha value is -4.66. The van der Waals surface area contributed by atoms with E-state index in [2.05, 4.69) is 21.6 Å². The molecule has 1 atom stereocenters. The van der Waals surface area contributed by atoms with Crippen LogP contribution in [-0.2, 0) is 11.0 Å². The van der Waals surface area contributed by atoms with Crippen molar-refractivity contribution in [2.24, 2.45) is 5.73 Å². The molecular weight excluding hydrogens is 491 g/mol. The normalized spacial score (nSPS) is 14.9. The van der Waals surface area contributed by atoms with E-state index in [-0.39, 0.29) is 41.1 Å². The molecule has 0 bridgehead atoms. The topological polar surface area (TPSA) is 135 Å². The first-order chi connectivity index (χ1) is 17.6. The Bertz CT molecular complexity index is 1410. The zero-order valence-corrected chi connectivity index (χ0v) is 19.8. The van der Waals surface area contributed by atoms with Gasteiger partial charge in [0.05, 0.1) is 23.8 Å². The van der Waals surface area contributed by atoms with Gasteiger partial charge in [-0.25, -0.2) is 0 Å². The molecule has 37 heavy (non-hydrogen) atoms. The van der Waals surface area contributed by atoms with Crippen molar-refractivity contribution in [1.29, 1.82) is 5.26 Å². The van der Waals surface area contributed by atoms with Gasteiger partial charge in [-0.1, -0.05) is 18.2 Å². The van der Waals surface area contributed by atoms with Crippen molar-refractivity contribution in [2.75, 3.05) is 18.5 Å². The maximum absolute atomic E-state index is 13.2. The highest BCUT2D eigenvalue weighted by molar-refractivity contribution is 5.92. The minimum absolute atomic E-state index is 0.0689. The summed E-state index contributed by atoms with van der Waals surface area (Å²) in [5.41, 5.74) is 6.78. The number of nitrogens with zero attached hydrogens (tertiary/aromatic N) is 2. The van der Waals surface area contributed by atoms with Crippen LogP contribution in [-0.4, -0.2) is 29.3 Å². The van der Waals surface area contributed by atoms with Crippen LogP contribution in [0.2, 0.25) is 0 Å². The minimum atomic E-state index is -4.62. The van der Waals surface area contributed by atoms with E-state index in [1.807, 2.05) is 0 Å². The van der Waals surface area contributed by atoms with Crippen molar-refractivity contribution in [1.82, 2.24) is 10.2 Å². The number of hydrogen-bond donors (Lipinski definition) is 3. The highest BCUT2D eigenvalue weighted by atomic mass is 19.4. The Balaban J connectivity index is 1.58. The SMILES string of the molecule is CCOc1cc(C2C(C#N)=C(N)Oc3n[nH]c(C)c32)ccc1OCC(=O)Nc1ccccc1C(F)(F)F. The predicted molar refractivity (Wildman–Crippen MR) is 126 cm³/mol. The third-order valence-corrected chi connectivity index (χ3v) is 5.60. The number of ether oxygens (including phenoxy) is 3. The number of fused-ring (bicyclic) bond motifs is 1. The third kappa shape index (κ3) is 5.16. The van der Waals surface area contributed by atoms with Gasteiger partial charge in [-0.05, 0) is 43.7 Å². The van der Waals surface area contributed by atoms with Gasteiger partial charge in [0, 0.05) is 11.3 Å². The molecule has 2 aromatic carbocycles. The Morgan fingerprint density at radius 2 is 2.00 bits per heavy atom. The summed E-state index contributed by atoms with van der Waals surface area (Å²) in [6, 6.07) is 11.6. The molecule has 0 saturated carbocycles. The van der Waals surface area contributed by atoms with Gasteiger partial charge < -0.3 is 25.3 Å². The number of aromatic nitrogens is 2. The Kier molecular flexibility index (Phi) is 6.97. The summed E-state index contributed by atoms with van der Waals surface area (Å²) in [6.07, 6.45) is -4.62. The molecule has 1 unspecified atom stereocenters. The number of anilines is 1. The van der Waals surface area contributed by atoms with Crippen LogP contribution in [0.3, 0.4) is 0 Å². The van der Waals surface area contributed by atoms with Gasteiger partial charge in [0.15, 0.2) is 18.1 Å². The molecule has 1 aromatic heterocycles. The number of alkyl halides is 3. The number of rotatable bonds is 7. The number of aryl methyl sites for hydroxylation is 1. The van der Waals surface area contributed by atoms with E-state index >= 15 is 0 Å². The van der Waals surface area contributed by atoms with Crippen molar-refractivity contribution in [3.8, 4) is 23.4 Å². The minimum Gasteiger partial charge on any atom is -0.490 e. The number of hydrogen-bond acceptors (Lipinski definition) is 7. The molecule has 1 amide bonds. The van der Waals surface area contributed by atoms with E-state index in [4.69, 9.17) is 19.9 Å². The molecule has 192 valence electrons. The van der Waals surface area contributed by atoms with Gasteiger partial charge in [0.1, 0.15) is 11.6 Å². The zero-order valence-electron chi connectivity index (χ0n) is 19.8. The first-order valence-corrected chi connectivity index (χ1v) is 11.1. The lowest BCUT2D eigenvalue weighted by atomic mass is 9.84. The van der Waals surface area contributed by atoms with Crippen molar-refractivity contribution in [2.45, 2.75) is 25.9 Å². The molecule has 0 fully saturated rings. The van der Waals surface area contributed by atoms with E-state index in [0.717, 1.165) is 12.1 Å². The quantitative estimate of drug-likeness (QED) is 0.427. The average molecular weight is 513 g/mol. The smallest absolute Gasteiger partial charge is 0.418 e. The molecule has 9 nitrogen and oxygen atoms in total. The average Bonchev–Trinajstić information content (AvgIpc) is 3.22. The number of nitriles is 1. The van der Waals surface area contributed by atoms with Crippen molar-refractivity contribution in [3.05, 3.63) is 76.3 Å². The molecule has 4 rings (SSSR count). The number of halogens is 3. The molecule has 0 radical (unpaired) electrons. The second-order valence-electron chi connectivity index (χ2n) is 8.01. The number of aromatic amines is 1. The maximum Gasteiger partial charge on any atom is 0.418 e. The second-order valence-corrected chi connectivity index (χ2v) is 8.01. The fourth-order valence-corrected chi connectivity index (χ4v) is 3.99. The number of nitrogens with one attached hydrogen (secondary N) is 2. The van der Waals surface area contributed by atoms with Crippen LogP contribution in [0.4, 0.5) is 18.9 Å². The van der Waals surface area contributed by atoms with Gasteiger partial charge in [0.25, 0.3) is 5.91 Å². The number of H-pyrrole nitrogens is 1. The third-order valence-electron chi connectivity index (χ3n) is 5.60. The molecule has 4 N–H and O–H groups in total. The molecule has 1 aliphatic rings. The number of nitrogens with two attached hydrogens (primary N) is 1. The second kappa shape index (κ2) is 10.1. The summed E-state index contributed by atoms with van der Waals surface area (Å²) in [5, 5.41) is 18.9. The summed E-state index contributed by atoms with van der Waals surface area (Å²) in [5.74, 6) is -0.726. The van der Waals surface area contributed by atoms with Crippen molar-refractivity contribution >= 4 is 11.6 Å². The van der Waals surface area contributed by atoms with Gasteiger partial charge >= 0.3 is 6.18 Å². The van der Waals surface area contributed by atoms with Crippen LogP contribution in [0.25, 0.3) is 0 Å². The first-order valence-electron chi connectivity index (χ1n) is 11.1. The zero-order chi connectivity index (χ0) is 26.7. The number of allylic oxidation sites excluding steroid dienone is 1. The largest absolute Gasteiger partial charge is 0.490 e. The Morgan fingerprint density at radius 1 is 1.24 bits per heavy atom. The summed E-state index contributed by atoms with van der Waals surface area (Å²) >= 11 is 0. The molecule has 0 spiro atoms. The van der Waals surface area contributed by atoms with Crippen LogP contribution >= 0.6 is 0 Å². The van der Waals surface area contributed by atoms with E-state index < -0.39 is 30.2 Å². The fraction of sp³-hybridized carbons (Fsp3) is 0.240. The fourth-order valence-electron chi connectivity index (χ4n) is 3.99. The number of benzene rings is 2. The summed E-state index contributed by atoms with van der Waals surface area (Å²) in [4.78, 5) is 12.4. The maximum atomic E-state index is 13.2. The van der Waals surface area contributed by atoms with Crippen molar-refractivity contribution < 1.29 is 32.2 Å². The highest BCUT2D eigenvalue weighted by Crippen LogP contribution is 2.44. The molecular formula is C25H22F3N5O4. The first kappa shape index (κ1) is 25.4. The number of amides is 1. The van der Waals surface area contributed by atoms with E-state index in [1.54, 1.807) is 32.0 Å². The van der Waals surface area contributed by atoms with Crippen LogP contribution < -0.4 is 25.3 Å². The molecule has 1 aliphatic heterocycles. The van der Waals surface area contributed by atoms with Crippen LogP contribution in [0, 0.1) is 18.3 Å². The van der Waals surface area contributed by atoms with E-state index in [0.29, 0.717) is 16.8 Å². The highest BCUT2D eigenvalue weighted by Gasteiger charge is 2.35.